The van der Waals surface area contributed by atoms with Crippen LogP contribution in [0, 0.1) is 6.92 Å². The molecule has 2 rings (SSSR count). The highest BCUT2D eigenvalue weighted by Gasteiger charge is 2.04. The third kappa shape index (κ3) is 3.41. The molecule has 1 aromatic heterocycles. The van der Waals surface area contributed by atoms with Gasteiger partial charge in [-0.1, -0.05) is 18.2 Å². The standard InChI is InChI=1S/C15H14N2O3/c1-10-8-14(18)17-13(16-10)7-6-11-4-3-5-12(9-11)15(19)20-2/h3-9H,1-2H3,(H,16,17,18). The fourth-order valence-corrected chi connectivity index (χ4v) is 1.71. The number of carbonyl (C=O) groups is 1. The average molecular weight is 270 g/mol. The van der Waals surface area contributed by atoms with Crippen LogP contribution in [-0.4, -0.2) is 28.2 Å². The van der Waals surface area contributed by atoms with Crippen molar-refractivity contribution < 1.29 is 14.6 Å². The number of nitrogens with zero attached hydrogens (tertiary/aromatic N) is 2. The van der Waals surface area contributed by atoms with Crippen molar-refractivity contribution in [1.29, 1.82) is 0 Å². The Morgan fingerprint density at radius 2 is 2.05 bits per heavy atom. The molecule has 102 valence electrons. The summed E-state index contributed by atoms with van der Waals surface area (Å²) in [6.07, 6.45) is 3.43. The molecule has 0 aliphatic heterocycles. The summed E-state index contributed by atoms with van der Waals surface area (Å²) < 4.78 is 4.66. The fraction of sp³-hybridized carbons (Fsp3) is 0.133. The molecular formula is C15H14N2O3. The first kappa shape index (κ1) is 13.7. The summed E-state index contributed by atoms with van der Waals surface area (Å²) in [5.41, 5.74) is 1.97. The highest BCUT2D eigenvalue weighted by molar-refractivity contribution is 5.90. The van der Waals surface area contributed by atoms with E-state index in [9.17, 15) is 9.90 Å². The summed E-state index contributed by atoms with van der Waals surface area (Å²) in [6.45, 7) is 1.77. The van der Waals surface area contributed by atoms with Gasteiger partial charge in [0.2, 0.25) is 5.88 Å². The van der Waals surface area contributed by atoms with E-state index < -0.39 is 0 Å². The summed E-state index contributed by atoms with van der Waals surface area (Å²) in [5.74, 6) is -0.0452. The summed E-state index contributed by atoms with van der Waals surface area (Å²) in [6, 6.07) is 8.48. The maximum absolute atomic E-state index is 11.4. The van der Waals surface area contributed by atoms with Gasteiger partial charge >= 0.3 is 5.97 Å². The van der Waals surface area contributed by atoms with Gasteiger partial charge in [0.25, 0.3) is 0 Å². The number of carbonyl (C=O) groups excluding carboxylic acids is 1. The molecule has 5 nitrogen and oxygen atoms in total. The van der Waals surface area contributed by atoms with E-state index in [1.807, 2.05) is 6.07 Å². The molecule has 1 heterocycles. The maximum Gasteiger partial charge on any atom is 0.337 e. The van der Waals surface area contributed by atoms with E-state index in [-0.39, 0.29) is 11.8 Å². The molecule has 0 saturated carbocycles. The van der Waals surface area contributed by atoms with Gasteiger partial charge in [-0.3, -0.25) is 0 Å². The van der Waals surface area contributed by atoms with Gasteiger partial charge in [-0.15, -0.1) is 0 Å². The Morgan fingerprint density at radius 1 is 1.25 bits per heavy atom. The minimum atomic E-state index is -0.385. The van der Waals surface area contributed by atoms with Crippen LogP contribution in [0.2, 0.25) is 0 Å². The Balaban J connectivity index is 2.25. The Labute approximate surface area is 116 Å². The van der Waals surface area contributed by atoms with E-state index in [1.54, 1.807) is 37.3 Å². The predicted octanol–water partition coefficient (Wildman–Crippen LogP) is 2.45. The van der Waals surface area contributed by atoms with E-state index in [0.717, 1.165) is 5.56 Å². The van der Waals surface area contributed by atoms with Crippen LogP contribution in [0.5, 0.6) is 5.88 Å². The van der Waals surface area contributed by atoms with E-state index >= 15 is 0 Å². The monoisotopic (exact) mass is 270 g/mol. The van der Waals surface area contributed by atoms with Gasteiger partial charge in [-0.2, -0.15) is 4.98 Å². The molecule has 1 aromatic carbocycles. The molecule has 0 spiro atoms. The Hall–Kier alpha value is -2.69. The van der Waals surface area contributed by atoms with Crippen LogP contribution in [0.3, 0.4) is 0 Å². The molecule has 0 bridgehead atoms. The van der Waals surface area contributed by atoms with Crippen LogP contribution in [0.25, 0.3) is 12.2 Å². The number of aromatic nitrogens is 2. The molecule has 0 radical (unpaired) electrons. The first-order valence-corrected chi connectivity index (χ1v) is 5.99. The van der Waals surface area contributed by atoms with Gasteiger partial charge in [0.05, 0.1) is 12.7 Å². The number of methoxy groups -OCH3 is 1. The third-order valence-corrected chi connectivity index (χ3v) is 2.59. The van der Waals surface area contributed by atoms with Crippen molar-refractivity contribution in [3.8, 4) is 5.88 Å². The van der Waals surface area contributed by atoms with Gasteiger partial charge in [0.15, 0.2) is 5.82 Å². The Kier molecular flexibility index (Phi) is 4.10. The van der Waals surface area contributed by atoms with Gasteiger partial charge < -0.3 is 9.84 Å². The first-order valence-electron chi connectivity index (χ1n) is 5.99. The van der Waals surface area contributed by atoms with Crippen molar-refractivity contribution in [1.82, 2.24) is 9.97 Å². The molecule has 0 amide bonds. The molecule has 5 heteroatoms. The first-order chi connectivity index (χ1) is 9.58. The second-order valence-corrected chi connectivity index (χ2v) is 4.18. The van der Waals surface area contributed by atoms with Crippen LogP contribution >= 0.6 is 0 Å². The smallest absolute Gasteiger partial charge is 0.337 e. The van der Waals surface area contributed by atoms with Crippen molar-refractivity contribution in [2.24, 2.45) is 0 Å². The number of hydrogen-bond donors (Lipinski definition) is 1. The van der Waals surface area contributed by atoms with Gasteiger partial charge in [0.1, 0.15) is 0 Å². The van der Waals surface area contributed by atoms with Crippen LogP contribution in [0.15, 0.2) is 30.3 Å². The number of ether oxygens (including phenoxy) is 1. The van der Waals surface area contributed by atoms with E-state index in [0.29, 0.717) is 17.1 Å². The lowest BCUT2D eigenvalue weighted by atomic mass is 10.1. The Morgan fingerprint density at radius 3 is 2.75 bits per heavy atom. The molecule has 20 heavy (non-hydrogen) atoms. The molecule has 0 unspecified atom stereocenters. The topological polar surface area (TPSA) is 72.3 Å². The number of esters is 1. The largest absolute Gasteiger partial charge is 0.493 e. The lowest BCUT2D eigenvalue weighted by Gasteiger charge is -2.00. The summed E-state index contributed by atoms with van der Waals surface area (Å²) in [5, 5.41) is 9.39. The molecule has 0 aliphatic rings. The molecule has 0 atom stereocenters. The quantitative estimate of drug-likeness (QED) is 0.867. The third-order valence-electron chi connectivity index (χ3n) is 2.59. The lowest BCUT2D eigenvalue weighted by molar-refractivity contribution is 0.0600. The number of rotatable bonds is 3. The van der Waals surface area contributed by atoms with Crippen molar-refractivity contribution in [2.75, 3.05) is 7.11 Å². The van der Waals surface area contributed by atoms with Crippen LogP contribution in [0.1, 0.15) is 27.4 Å². The van der Waals surface area contributed by atoms with E-state index in [4.69, 9.17) is 0 Å². The fourth-order valence-electron chi connectivity index (χ4n) is 1.71. The van der Waals surface area contributed by atoms with Crippen molar-refractivity contribution in [3.63, 3.8) is 0 Å². The maximum atomic E-state index is 11.4. The van der Waals surface area contributed by atoms with Crippen molar-refractivity contribution in [2.45, 2.75) is 6.92 Å². The van der Waals surface area contributed by atoms with E-state index in [1.165, 1.54) is 13.2 Å². The average Bonchev–Trinajstić information content (AvgIpc) is 2.43. The normalized spacial score (nSPS) is 10.7. The van der Waals surface area contributed by atoms with Crippen molar-refractivity contribution >= 4 is 18.1 Å². The second-order valence-electron chi connectivity index (χ2n) is 4.18. The zero-order chi connectivity index (χ0) is 14.5. The summed E-state index contributed by atoms with van der Waals surface area (Å²) >= 11 is 0. The Bertz CT molecular complexity index is 646. The minimum absolute atomic E-state index is 0.0690. The SMILES string of the molecule is COC(=O)c1cccc(C=Cc2nc(C)cc(O)n2)c1. The van der Waals surface area contributed by atoms with Gasteiger partial charge in [0, 0.05) is 11.8 Å². The second kappa shape index (κ2) is 5.97. The number of benzene rings is 1. The highest BCUT2D eigenvalue weighted by atomic mass is 16.5. The molecule has 0 fully saturated rings. The number of hydrogen-bond acceptors (Lipinski definition) is 5. The van der Waals surface area contributed by atoms with Crippen LogP contribution in [0.4, 0.5) is 0 Å². The van der Waals surface area contributed by atoms with Gasteiger partial charge in [-0.05, 0) is 30.7 Å². The molecular weight excluding hydrogens is 256 g/mol. The zero-order valence-corrected chi connectivity index (χ0v) is 11.2. The zero-order valence-electron chi connectivity index (χ0n) is 11.2. The molecule has 0 saturated heterocycles. The van der Waals surface area contributed by atoms with Gasteiger partial charge in [-0.25, -0.2) is 9.78 Å². The molecule has 2 aromatic rings. The van der Waals surface area contributed by atoms with E-state index in [2.05, 4.69) is 14.7 Å². The molecule has 0 aliphatic carbocycles. The van der Waals surface area contributed by atoms with Crippen LogP contribution in [-0.2, 0) is 4.74 Å². The summed E-state index contributed by atoms with van der Waals surface area (Å²) in [7, 11) is 1.34. The predicted molar refractivity (Wildman–Crippen MR) is 75.1 cm³/mol. The highest BCUT2D eigenvalue weighted by Crippen LogP contribution is 2.12. The summed E-state index contributed by atoms with van der Waals surface area (Å²) in [4.78, 5) is 19.5. The molecule has 1 N–H and O–H groups in total. The lowest BCUT2D eigenvalue weighted by Crippen LogP contribution is -2.00. The number of aryl methyl sites for hydroxylation is 1. The van der Waals surface area contributed by atoms with Crippen LogP contribution < -0.4 is 0 Å². The minimum Gasteiger partial charge on any atom is -0.493 e. The van der Waals surface area contributed by atoms with Crippen molar-refractivity contribution in [3.05, 3.63) is 53.0 Å². The number of aromatic hydroxyl groups is 1.